The summed E-state index contributed by atoms with van der Waals surface area (Å²) in [7, 11) is 0. The molecule has 0 saturated heterocycles. The Morgan fingerprint density at radius 2 is 2.00 bits per heavy atom. The third kappa shape index (κ3) is 4.32. The predicted molar refractivity (Wildman–Crippen MR) is 114 cm³/mol. The van der Waals surface area contributed by atoms with E-state index in [-0.39, 0.29) is 5.91 Å². The Hall–Kier alpha value is -2.35. The summed E-state index contributed by atoms with van der Waals surface area (Å²) >= 11 is 4.71. The predicted octanol–water partition coefficient (Wildman–Crippen LogP) is 5.28. The number of thiophene rings is 1. The number of carbonyl (C=O) groups is 1. The van der Waals surface area contributed by atoms with Gasteiger partial charge < -0.3 is 5.32 Å². The summed E-state index contributed by atoms with van der Waals surface area (Å²) < 4.78 is 0. The molecule has 0 fully saturated rings. The summed E-state index contributed by atoms with van der Waals surface area (Å²) in [6.45, 7) is 2.61. The van der Waals surface area contributed by atoms with E-state index < -0.39 is 0 Å². The van der Waals surface area contributed by atoms with Crippen LogP contribution in [-0.2, 0) is 6.42 Å². The van der Waals surface area contributed by atoms with Crippen LogP contribution in [0.5, 0.6) is 0 Å². The minimum Gasteiger partial charge on any atom is -0.351 e. The molecule has 1 amide bonds. The summed E-state index contributed by atoms with van der Waals surface area (Å²) in [5, 5.41) is 9.03. The number of hydrogen-bond acceptors (Lipinski definition) is 6. The van der Waals surface area contributed by atoms with E-state index in [0.717, 1.165) is 32.6 Å². The summed E-state index contributed by atoms with van der Waals surface area (Å²) in [5.74, 6) is -0.0649. The van der Waals surface area contributed by atoms with E-state index in [2.05, 4.69) is 44.9 Å². The number of nitrogens with zero attached hydrogens (tertiary/aromatic N) is 2. The Balaban J connectivity index is 1.31. The lowest BCUT2D eigenvalue weighted by atomic mass is 10.1. The fourth-order valence-electron chi connectivity index (χ4n) is 2.64. The summed E-state index contributed by atoms with van der Waals surface area (Å²) in [5.41, 5.74) is 3.33. The standard InChI is InChI=1S/C20H17N3OS3/c1-13-23-16(12-26-13)15-6-4-14(5-7-15)8-9-21-19(24)18-11-22-20(27-18)17-3-2-10-25-17/h2-7,10-12H,8-9H2,1H3,(H,21,24). The third-order valence-corrected chi connectivity index (χ3v) is 6.84. The van der Waals surface area contributed by atoms with E-state index in [4.69, 9.17) is 0 Å². The number of rotatable bonds is 6. The SMILES string of the molecule is Cc1nc(-c2ccc(CCNC(=O)c3cnc(-c4cccs4)s3)cc2)cs1. The van der Waals surface area contributed by atoms with Gasteiger partial charge in [-0.3, -0.25) is 4.79 Å². The van der Waals surface area contributed by atoms with Gasteiger partial charge in [0.25, 0.3) is 5.91 Å². The molecule has 0 aliphatic carbocycles. The highest BCUT2D eigenvalue weighted by Gasteiger charge is 2.12. The van der Waals surface area contributed by atoms with E-state index in [1.165, 1.54) is 16.9 Å². The molecule has 3 aromatic heterocycles. The first kappa shape index (κ1) is 18.0. The fraction of sp³-hybridized carbons (Fsp3) is 0.150. The van der Waals surface area contributed by atoms with Gasteiger partial charge in [-0.25, -0.2) is 9.97 Å². The van der Waals surface area contributed by atoms with Crippen LogP contribution in [0.15, 0.2) is 53.4 Å². The van der Waals surface area contributed by atoms with Crippen molar-refractivity contribution < 1.29 is 4.79 Å². The largest absolute Gasteiger partial charge is 0.351 e. The van der Waals surface area contributed by atoms with Crippen LogP contribution in [0.4, 0.5) is 0 Å². The fourth-order valence-corrected chi connectivity index (χ4v) is 4.90. The first-order valence-corrected chi connectivity index (χ1v) is 11.1. The van der Waals surface area contributed by atoms with Crippen LogP contribution in [0.1, 0.15) is 20.2 Å². The van der Waals surface area contributed by atoms with Gasteiger partial charge in [-0.15, -0.1) is 34.0 Å². The first-order valence-electron chi connectivity index (χ1n) is 8.48. The number of aryl methyl sites for hydroxylation is 1. The molecule has 3 heterocycles. The number of amides is 1. The van der Waals surface area contributed by atoms with Gasteiger partial charge in [0, 0.05) is 17.5 Å². The van der Waals surface area contributed by atoms with Crippen molar-refractivity contribution in [3.8, 4) is 21.1 Å². The maximum absolute atomic E-state index is 12.3. The van der Waals surface area contributed by atoms with Gasteiger partial charge in [0.15, 0.2) is 0 Å². The summed E-state index contributed by atoms with van der Waals surface area (Å²) in [4.78, 5) is 22.9. The molecule has 4 aromatic rings. The van der Waals surface area contributed by atoms with Crippen LogP contribution in [-0.4, -0.2) is 22.4 Å². The van der Waals surface area contributed by atoms with Gasteiger partial charge in [0.1, 0.15) is 9.88 Å². The topological polar surface area (TPSA) is 54.9 Å². The van der Waals surface area contributed by atoms with Crippen LogP contribution in [0.3, 0.4) is 0 Å². The number of aromatic nitrogens is 2. The lowest BCUT2D eigenvalue weighted by molar-refractivity contribution is 0.0958. The molecule has 0 radical (unpaired) electrons. The van der Waals surface area contributed by atoms with E-state index in [1.807, 2.05) is 24.4 Å². The zero-order valence-electron chi connectivity index (χ0n) is 14.6. The second-order valence-corrected chi connectivity index (χ2v) is 9.00. The molecule has 0 aliphatic rings. The highest BCUT2D eigenvalue weighted by atomic mass is 32.1. The minimum absolute atomic E-state index is 0.0649. The zero-order valence-corrected chi connectivity index (χ0v) is 17.1. The smallest absolute Gasteiger partial charge is 0.263 e. The number of nitrogens with one attached hydrogen (secondary N) is 1. The van der Waals surface area contributed by atoms with Gasteiger partial charge in [-0.05, 0) is 30.4 Å². The average molecular weight is 412 g/mol. The van der Waals surface area contributed by atoms with Crippen LogP contribution in [0.25, 0.3) is 21.1 Å². The van der Waals surface area contributed by atoms with E-state index in [0.29, 0.717) is 11.4 Å². The molecule has 7 heteroatoms. The molecule has 136 valence electrons. The third-order valence-electron chi connectivity index (χ3n) is 4.03. The van der Waals surface area contributed by atoms with Crippen LogP contribution in [0, 0.1) is 6.92 Å². The minimum atomic E-state index is -0.0649. The quantitative estimate of drug-likeness (QED) is 0.470. The van der Waals surface area contributed by atoms with Crippen molar-refractivity contribution in [1.82, 2.24) is 15.3 Å². The maximum atomic E-state index is 12.3. The van der Waals surface area contributed by atoms with Crippen LogP contribution < -0.4 is 5.32 Å². The summed E-state index contributed by atoms with van der Waals surface area (Å²) in [6, 6.07) is 12.4. The molecular formula is C20H17N3OS3. The molecular weight excluding hydrogens is 394 g/mol. The first-order chi connectivity index (χ1) is 13.2. The second-order valence-electron chi connectivity index (χ2n) is 5.96. The van der Waals surface area contributed by atoms with Crippen molar-refractivity contribution >= 4 is 39.9 Å². The molecule has 27 heavy (non-hydrogen) atoms. The van der Waals surface area contributed by atoms with Crippen molar-refractivity contribution in [2.45, 2.75) is 13.3 Å². The van der Waals surface area contributed by atoms with Crippen LogP contribution >= 0.6 is 34.0 Å². The van der Waals surface area contributed by atoms with Crippen molar-refractivity contribution in [3.05, 3.63) is 68.8 Å². The molecule has 0 saturated carbocycles. The maximum Gasteiger partial charge on any atom is 0.263 e. The Morgan fingerprint density at radius 1 is 1.15 bits per heavy atom. The van der Waals surface area contributed by atoms with Crippen molar-refractivity contribution in [1.29, 1.82) is 0 Å². The molecule has 1 N–H and O–H groups in total. The van der Waals surface area contributed by atoms with Crippen molar-refractivity contribution in [2.75, 3.05) is 6.54 Å². The van der Waals surface area contributed by atoms with Gasteiger partial charge in [0.2, 0.25) is 0 Å². The van der Waals surface area contributed by atoms with Gasteiger partial charge in [-0.1, -0.05) is 30.3 Å². The zero-order chi connectivity index (χ0) is 18.6. The highest BCUT2D eigenvalue weighted by molar-refractivity contribution is 7.22. The van der Waals surface area contributed by atoms with Crippen LogP contribution in [0.2, 0.25) is 0 Å². The van der Waals surface area contributed by atoms with E-state index in [9.17, 15) is 4.79 Å². The summed E-state index contributed by atoms with van der Waals surface area (Å²) in [6.07, 6.45) is 2.44. The van der Waals surface area contributed by atoms with Crippen molar-refractivity contribution in [2.24, 2.45) is 0 Å². The Kier molecular flexibility index (Phi) is 5.42. The Morgan fingerprint density at radius 3 is 2.70 bits per heavy atom. The molecule has 4 nitrogen and oxygen atoms in total. The van der Waals surface area contributed by atoms with Crippen molar-refractivity contribution in [3.63, 3.8) is 0 Å². The molecule has 0 aliphatic heterocycles. The number of benzene rings is 1. The molecule has 0 bridgehead atoms. The Labute approximate surface area is 169 Å². The Bertz CT molecular complexity index is 1030. The average Bonchev–Trinajstić information content (AvgIpc) is 3.43. The molecule has 4 rings (SSSR count). The normalized spacial score (nSPS) is 10.9. The van der Waals surface area contributed by atoms with Gasteiger partial charge in [-0.2, -0.15) is 0 Å². The molecule has 0 spiro atoms. The molecule has 0 unspecified atom stereocenters. The van der Waals surface area contributed by atoms with E-state index >= 15 is 0 Å². The number of hydrogen-bond donors (Lipinski definition) is 1. The number of thiazole rings is 2. The monoisotopic (exact) mass is 411 g/mol. The molecule has 0 atom stereocenters. The molecule has 1 aromatic carbocycles. The second kappa shape index (κ2) is 8.12. The van der Waals surface area contributed by atoms with Gasteiger partial charge in [0.05, 0.1) is 21.8 Å². The number of carbonyl (C=O) groups excluding carboxylic acids is 1. The van der Waals surface area contributed by atoms with Gasteiger partial charge >= 0.3 is 0 Å². The van der Waals surface area contributed by atoms with E-state index in [1.54, 1.807) is 28.9 Å². The lowest BCUT2D eigenvalue weighted by Crippen LogP contribution is -2.24. The highest BCUT2D eigenvalue weighted by Crippen LogP contribution is 2.28. The lowest BCUT2D eigenvalue weighted by Gasteiger charge is -2.05.